The van der Waals surface area contributed by atoms with Crippen LogP contribution in [0.1, 0.15) is 34.6 Å². The Bertz CT molecular complexity index is 323. The van der Waals surface area contributed by atoms with Gasteiger partial charge in [0.15, 0.2) is 0 Å². The number of carbonyl (C=O) groups excluding carboxylic acids is 1. The SMILES string of the molecule is CC(C)Nc1ccccc1.CC[B]C(=O)C(C)C. The van der Waals surface area contributed by atoms with Crippen LogP contribution in [-0.4, -0.2) is 19.0 Å². The third-order valence-corrected chi connectivity index (χ3v) is 2.20. The fraction of sp³-hybridized carbons (Fsp3) is 0.533. The minimum absolute atomic E-state index is 0.176. The van der Waals surface area contributed by atoms with E-state index in [0.29, 0.717) is 6.04 Å². The normalized spacial score (nSPS) is 9.72. The molecule has 0 heterocycles. The largest absolute Gasteiger partial charge is 0.383 e. The lowest BCUT2D eigenvalue weighted by molar-refractivity contribution is -0.114. The number of hydrogen-bond acceptors (Lipinski definition) is 2. The second-order valence-electron chi connectivity index (χ2n) is 4.83. The van der Waals surface area contributed by atoms with E-state index in [9.17, 15) is 4.79 Å². The van der Waals surface area contributed by atoms with Gasteiger partial charge in [-0.2, -0.15) is 0 Å². The van der Waals surface area contributed by atoms with E-state index in [4.69, 9.17) is 0 Å². The molecule has 0 amide bonds. The summed E-state index contributed by atoms with van der Waals surface area (Å²) in [6.45, 7) is 10.1. The Labute approximate surface area is 112 Å². The van der Waals surface area contributed by atoms with Gasteiger partial charge in [-0.3, -0.25) is 0 Å². The summed E-state index contributed by atoms with van der Waals surface area (Å²) >= 11 is 0. The van der Waals surface area contributed by atoms with Crippen molar-refractivity contribution < 1.29 is 4.79 Å². The quantitative estimate of drug-likeness (QED) is 0.800. The van der Waals surface area contributed by atoms with Gasteiger partial charge in [-0.15, -0.1) is 0 Å². The van der Waals surface area contributed by atoms with Crippen LogP contribution in [0.25, 0.3) is 0 Å². The van der Waals surface area contributed by atoms with Crippen molar-refractivity contribution in [1.82, 2.24) is 0 Å². The van der Waals surface area contributed by atoms with E-state index in [-0.39, 0.29) is 11.6 Å². The number of hydrogen-bond donors (Lipinski definition) is 1. The molecule has 0 spiro atoms. The zero-order valence-electron chi connectivity index (χ0n) is 12.2. The summed E-state index contributed by atoms with van der Waals surface area (Å²) in [5.74, 6) is 0.176. The zero-order valence-corrected chi connectivity index (χ0v) is 12.2. The molecule has 1 rings (SSSR count). The molecule has 0 aliphatic heterocycles. The molecule has 0 atom stereocenters. The maximum absolute atomic E-state index is 10.7. The molecule has 0 aliphatic carbocycles. The molecule has 1 aromatic carbocycles. The molecule has 0 unspecified atom stereocenters. The molecule has 0 saturated heterocycles. The first-order chi connectivity index (χ1) is 8.47. The molecular weight excluding hydrogens is 221 g/mol. The van der Waals surface area contributed by atoms with E-state index < -0.39 is 0 Å². The van der Waals surface area contributed by atoms with Crippen molar-refractivity contribution in [3.05, 3.63) is 30.3 Å². The topological polar surface area (TPSA) is 29.1 Å². The lowest BCUT2D eigenvalue weighted by Crippen LogP contribution is -2.14. The molecule has 2 nitrogen and oxygen atoms in total. The van der Waals surface area contributed by atoms with Gasteiger partial charge in [-0.1, -0.05) is 45.3 Å². The predicted octanol–water partition coefficient (Wildman–Crippen LogP) is 3.82. The van der Waals surface area contributed by atoms with E-state index in [2.05, 4.69) is 31.3 Å². The lowest BCUT2D eigenvalue weighted by atomic mass is 9.67. The van der Waals surface area contributed by atoms with Crippen LogP contribution in [0.4, 0.5) is 5.69 Å². The highest BCUT2D eigenvalue weighted by molar-refractivity contribution is 6.74. The van der Waals surface area contributed by atoms with Crippen LogP contribution < -0.4 is 5.32 Å². The molecule has 0 aliphatic rings. The minimum Gasteiger partial charge on any atom is -0.383 e. The van der Waals surface area contributed by atoms with Crippen LogP contribution in [-0.2, 0) is 4.79 Å². The third kappa shape index (κ3) is 8.86. The van der Waals surface area contributed by atoms with Gasteiger partial charge in [0.2, 0.25) is 7.28 Å². The fourth-order valence-corrected chi connectivity index (χ4v) is 1.30. The van der Waals surface area contributed by atoms with E-state index in [1.54, 1.807) is 7.28 Å². The molecule has 99 valence electrons. The Morgan fingerprint density at radius 1 is 1.17 bits per heavy atom. The molecule has 0 aromatic heterocycles. The summed E-state index contributed by atoms with van der Waals surface area (Å²) in [5, 5.41) is 3.30. The Balaban J connectivity index is 0.000000331. The van der Waals surface area contributed by atoms with Crippen LogP contribution in [0.15, 0.2) is 30.3 Å². The maximum Gasteiger partial charge on any atom is 0.202 e. The van der Waals surface area contributed by atoms with Crippen LogP contribution >= 0.6 is 0 Å². The summed E-state index contributed by atoms with van der Waals surface area (Å²) < 4.78 is 0. The molecule has 3 heteroatoms. The van der Waals surface area contributed by atoms with Crippen molar-refractivity contribution >= 4 is 18.6 Å². The van der Waals surface area contributed by atoms with Gasteiger partial charge in [0, 0.05) is 17.6 Å². The van der Waals surface area contributed by atoms with E-state index >= 15 is 0 Å². The highest BCUT2D eigenvalue weighted by Gasteiger charge is 2.04. The molecule has 0 bridgehead atoms. The van der Waals surface area contributed by atoms with Crippen molar-refractivity contribution in [3.8, 4) is 0 Å². The van der Waals surface area contributed by atoms with E-state index in [1.165, 1.54) is 5.69 Å². The number of anilines is 1. The molecular formula is C15H25BNO. The van der Waals surface area contributed by atoms with Crippen molar-refractivity contribution in [3.63, 3.8) is 0 Å². The Hall–Kier alpha value is -1.25. The third-order valence-electron chi connectivity index (χ3n) is 2.20. The predicted molar refractivity (Wildman–Crippen MR) is 81.3 cm³/mol. The van der Waals surface area contributed by atoms with Gasteiger partial charge in [0.1, 0.15) is 0 Å². The first-order valence-corrected chi connectivity index (χ1v) is 6.66. The maximum atomic E-state index is 10.7. The van der Waals surface area contributed by atoms with Crippen LogP contribution in [0, 0.1) is 5.92 Å². The zero-order chi connectivity index (χ0) is 14.0. The first kappa shape index (κ1) is 16.8. The van der Waals surface area contributed by atoms with Crippen LogP contribution in [0.3, 0.4) is 0 Å². The second-order valence-corrected chi connectivity index (χ2v) is 4.83. The molecule has 1 radical (unpaired) electrons. The molecule has 18 heavy (non-hydrogen) atoms. The average molecular weight is 246 g/mol. The van der Waals surface area contributed by atoms with Gasteiger partial charge < -0.3 is 10.1 Å². The van der Waals surface area contributed by atoms with Gasteiger partial charge in [0.25, 0.3) is 0 Å². The number of rotatable bonds is 5. The Morgan fingerprint density at radius 2 is 1.72 bits per heavy atom. The minimum atomic E-state index is 0.176. The van der Waals surface area contributed by atoms with Crippen molar-refractivity contribution in [2.75, 3.05) is 5.32 Å². The van der Waals surface area contributed by atoms with Crippen LogP contribution in [0.2, 0.25) is 6.32 Å². The number of carbonyl (C=O) groups is 1. The standard InChI is InChI=1S/C9H13N.C6H12BO/c1-8(2)10-9-6-4-3-5-7-9;1-4-7-6(8)5(2)3/h3-8,10H,1-2H3;5H,4H2,1-3H3. The number of para-hydroxylation sites is 1. The summed E-state index contributed by atoms with van der Waals surface area (Å²) in [7, 11) is 1.73. The summed E-state index contributed by atoms with van der Waals surface area (Å²) in [4.78, 5) is 10.7. The Morgan fingerprint density at radius 3 is 2.06 bits per heavy atom. The highest BCUT2D eigenvalue weighted by Crippen LogP contribution is 2.05. The average Bonchev–Trinajstić information content (AvgIpc) is 2.30. The van der Waals surface area contributed by atoms with Gasteiger partial charge in [-0.05, 0) is 26.0 Å². The fourth-order valence-electron chi connectivity index (χ4n) is 1.30. The second kappa shape index (κ2) is 9.75. The number of benzene rings is 1. The molecule has 1 aromatic rings. The lowest BCUT2D eigenvalue weighted by Gasteiger charge is -2.08. The smallest absolute Gasteiger partial charge is 0.202 e. The monoisotopic (exact) mass is 246 g/mol. The Kier molecular flexibility index (Phi) is 9.08. The summed E-state index contributed by atoms with van der Waals surface area (Å²) in [5.41, 5.74) is 1.45. The van der Waals surface area contributed by atoms with Gasteiger partial charge in [-0.25, -0.2) is 0 Å². The summed E-state index contributed by atoms with van der Waals surface area (Å²) in [6.07, 6.45) is 0.858. The molecule has 0 fully saturated rings. The highest BCUT2D eigenvalue weighted by atomic mass is 16.1. The van der Waals surface area contributed by atoms with Crippen molar-refractivity contribution in [2.24, 2.45) is 5.92 Å². The van der Waals surface area contributed by atoms with Crippen molar-refractivity contribution in [1.29, 1.82) is 0 Å². The molecule has 0 saturated carbocycles. The van der Waals surface area contributed by atoms with E-state index in [1.807, 2.05) is 39.0 Å². The van der Waals surface area contributed by atoms with Crippen LogP contribution in [0.5, 0.6) is 0 Å². The molecule has 1 N–H and O–H groups in total. The summed E-state index contributed by atoms with van der Waals surface area (Å²) in [6, 6.07) is 10.7. The first-order valence-electron chi connectivity index (χ1n) is 6.66. The van der Waals surface area contributed by atoms with Crippen molar-refractivity contribution in [2.45, 2.75) is 47.0 Å². The van der Waals surface area contributed by atoms with Gasteiger partial charge in [0.05, 0.1) is 5.68 Å². The number of nitrogens with one attached hydrogen (secondary N) is 1. The van der Waals surface area contributed by atoms with E-state index in [0.717, 1.165) is 6.32 Å². The van der Waals surface area contributed by atoms with Gasteiger partial charge >= 0.3 is 0 Å².